The Balaban J connectivity index is 3.01. The third-order valence-corrected chi connectivity index (χ3v) is 2.18. The quantitative estimate of drug-likeness (QED) is 0.780. The maximum Gasteiger partial charge on any atom is 0.231 e. The molecule has 0 aliphatic heterocycles. The predicted molar refractivity (Wildman–Crippen MR) is 57.3 cm³/mol. The van der Waals surface area contributed by atoms with Crippen molar-refractivity contribution in [3.8, 4) is 11.9 Å². The summed E-state index contributed by atoms with van der Waals surface area (Å²) in [6.45, 7) is 3.81. The van der Waals surface area contributed by atoms with Crippen LogP contribution in [0.25, 0.3) is 0 Å². The smallest absolute Gasteiger partial charge is 0.231 e. The van der Waals surface area contributed by atoms with E-state index in [9.17, 15) is 0 Å². The lowest BCUT2D eigenvalue weighted by atomic mass is 10.2. The Hall–Kier alpha value is -1.08. The van der Waals surface area contributed by atoms with E-state index < -0.39 is 0 Å². The predicted octanol–water partition coefficient (Wildman–Crippen LogP) is 2.64. The molecule has 0 atom stereocenters. The largest absolute Gasteiger partial charge is 0.474 e. The lowest BCUT2D eigenvalue weighted by Gasteiger charge is -2.09. The summed E-state index contributed by atoms with van der Waals surface area (Å²) in [6.07, 6.45) is 1.73. The number of nitrogens with zero attached hydrogens (tertiary/aromatic N) is 2. The molecule has 0 aliphatic carbocycles. The fraction of sp³-hybridized carbons (Fsp3) is 0.400. The molecule has 0 saturated carbocycles. The van der Waals surface area contributed by atoms with Gasteiger partial charge in [0.25, 0.3) is 0 Å². The summed E-state index contributed by atoms with van der Waals surface area (Å²) in [4.78, 5) is 4.09. The van der Waals surface area contributed by atoms with Gasteiger partial charge in [-0.25, -0.2) is 4.98 Å². The number of rotatable bonds is 3. The van der Waals surface area contributed by atoms with Crippen molar-refractivity contribution in [2.45, 2.75) is 25.3 Å². The van der Waals surface area contributed by atoms with Gasteiger partial charge in [0.15, 0.2) is 0 Å². The van der Waals surface area contributed by atoms with Gasteiger partial charge < -0.3 is 4.74 Å². The summed E-state index contributed by atoms with van der Waals surface area (Å²) in [5, 5.41) is 9.56. The Labute approximate surface area is 91.8 Å². The molecule has 0 N–H and O–H groups in total. The van der Waals surface area contributed by atoms with Gasteiger partial charge in [0.2, 0.25) is 5.88 Å². The molecular formula is C10H11BrN2O. The molecule has 0 bridgehead atoms. The van der Waals surface area contributed by atoms with E-state index in [4.69, 9.17) is 10.00 Å². The van der Waals surface area contributed by atoms with Gasteiger partial charge in [-0.1, -0.05) is 15.9 Å². The second-order valence-corrected chi connectivity index (χ2v) is 3.67. The number of ether oxygens (including phenoxy) is 1. The van der Waals surface area contributed by atoms with Gasteiger partial charge in [-0.2, -0.15) is 5.26 Å². The fourth-order valence-electron chi connectivity index (χ4n) is 0.966. The van der Waals surface area contributed by atoms with Crippen molar-refractivity contribution >= 4 is 15.9 Å². The Morgan fingerprint density at radius 3 is 2.86 bits per heavy atom. The van der Waals surface area contributed by atoms with Crippen molar-refractivity contribution in [1.29, 1.82) is 5.26 Å². The summed E-state index contributed by atoms with van der Waals surface area (Å²) in [5.74, 6) is 0.409. The van der Waals surface area contributed by atoms with Crippen LogP contribution in [0.1, 0.15) is 25.0 Å². The molecule has 1 aromatic rings. The van der Waals surface area contributed by atoms with E-state index >= 15 is 0 Å². The van der Waals surface area contributed by atoms with Crippen LogP contribution in [0.4, 0.5) is 0 Å². The number of hydrogen-bond acceptors (Lipinski definition) is 3. The molecule has 0 aromatic carbocycles. The van der Waals surface area contributed by atoms with Crippen molar-refractivity contribution in [2.75, 3.05) is 0 Å². The molecule has 74 valence electrons. The van der Waals surface area contributed by atoms with E-state index in [1.807, 2.05) is 13.8 Å². The number of alkyl halides is 1. The van der Waals surface area contributed by atoms with E-state index in [0.717, 1.165) is 5.56 Å². The van der Waals surface area contributed by atoms with Crippen molar-refractivity contribution in [2.24, 2.45) is 0 Å². The first-order chi connectivity index (χ1) is 6.67. The third kappa shape index (κ3) is 2.71. The normalized spacial score (nSPS) is 9.93. The Morgan fingerprint density at radius 2 is 2.36 bits per heavy atom. The monoisotopic (exact) mass is 254 g/mol. The average Bonchev–Trinajstić information content (AvgIpc) is 2.17. The lowest BCUT2D eigenvalue weighted by Crippen LogP contribution is -2.08. The number of pyridine rings is 1. The molecule has 0 aliphatic rings. The Morgan fingerprint density at radius 1 is 1.64 bits per heavy atom. The highest BCUT2D eigenvalue weighted by atomic mass is 79.9. The van der Waals surface area contributed by atoms with Crippen LogP contribution in [-0.2, 0) is 5.33 Å². The van der Waals surface area contributed by atoms with Crippen LogP contribution in [-0.4, -0.2) is 11.1 Å². The van der Waals surface area contributed by atoms with Gasteiger partial charge in [0.05, 0.1) is 6.10 Å². The second-order valence-electron chi connectivity index (χ2n) is 3.11. The zero-order chi connectivity index (χ0) is 10.6. The SMILES string of the molecule is CC(C)Oc1ncc(CBr)cc1C#N. The first-order valence-corrected chi connectivity index (χ1v) is 5.41. The molecule has 1 rings (SSSR count). The summed E-state index contributed by atoms with van der Waals surface area (Å²) < 4.78 is 5.39. The van der Waals surface area contributed by atoms with Gasteiger partial charge >= 0.3 is 0 Å². The van der Waals surface area contributed by atoms with Gasteiger partial charge in [-0.05, 0) is 25.5 Å². The van der Waals surface area contributed by atoms with Crippen molar-refractivity contribution in [3.63, 3.8) is 0 Å². The number of hydrogen-bond donors (Lipinski definition) is 0. The van der Waals surface area contributed by atoms with Crippen molar-refractivity contribution in [1.82, 2.24) is 4.98 Å². The van der Waals surface area contributed by atoms with E-state index in [1.165, 1.54) is 0 Å². The number of nitriles is 1. The lowest BCUT2D eigenvalue weighted by molar-refractivity contribution is 0.232. The van der Waals surface area contributed by atoms with Crippen LogP contribution >= 0.6 is 15.9 Å². The van der Waals surface area contributed by atoms with E-state index in [-0.39, 0.29) is 6.10 Å². The Kier molecular flexibility index (Phi) is 3.90. The highest BCUT2D eigenvalue weighted by Gasteiger charge is 2.07. The van der Waals surface area contributed by atoms with Gasteiger partial charge in [0.1, 0.15) is 11.6 Å². The van der Waals surface area contributed by atoms with Crippen LogP contribution in [0, 0.1) is 11.3 Å². The maximum absolute atomic E-state index is 8.87. The van der Waals surface area contributed by atoms with Crippen LogP contribution in [0.15, 0.2) is 12.3 Å². The standard InChI is InChI=1S/C10H11BrN2O/c1-7(2)14-10-9(5-12)3-8(4-11)6-13-10/h3,6-7H,4H2,1-2H3. The van der Waals surface area contributed by atoms with Crippen LogP contribution in [0.2, 0.25) is 0 Å². The molecule has 1 aromatic heterocycles. The minimum Gasteiger partial charge on any atom is -0.474 e. The zero-order valence-corrected chi connectivity index (χ0v) is 9.71. The zero-order valence-electron chi connectivity index (χ0n) is 8.12. The maximum atomic E-state index is 8.87. The molecular weight excluding hydrogens is 244 g/mol. The summed E-state index contributed by atoms with van der Waals surface area (Å²) in [7, 11) is 0. The van der Waals surface area contributed by atoms with Crippen molar-refractivity contribution in [3.05, 3.63) is 23.4 Å². The molecule has 0 amide bonds. The highest BCUT2D eigenvalue weighted by molar-refractivity contribution is 9.08. The molecule has 0 unspecified atom stereocenters. The molecule has 0 spiro atoms. The Bertz CT molecular complexity index is 358. The molecule has 1 heterocycles. The molecule has 4 heteroatoms. The first kappa shape index (κ1) is 11.0. The van der Waals surface area contributed by atoms with Crippen LogP contribution in [0.3, 0.4) is 0 Å². The molecule has 3 nitrogen and oxygen atoms in total. The van der Waals surface area contributed by atoms with Crippen LogP contribution < -0.4 is 4.74 Å². The topological polar surface area (TPSA) is 45.9 Å². The minimum absolute atomic E-state index is 0.0319. The summed E-state index contributed by atoms with van der Waals surface area (Å²) in [6, 6.07) is 3.84. The minimum atomic E-state index is 0.0319. The summed E-state index contributed by atoms with van der Waals surface area (Å²) >= 11 is 3.31. The second kappa shape index (κ2) is 4.97. The molecule has 0 saturated heterocycles. The van der Waals surface area contributed by atoms with Gasteiger partial charge in [-0.3, -0.25) is 0 Å². The number of halogens is 1. The molecule has 14 heavy (non-hydrogen) atoms. The van der Waals surface area contributed by atoms with Gasteiger partial charge in [-0.15, -0.1) is 0 Å². The molecule has 0 fully saturated rings. The van der Waals surface area contributed by atoms with Crippen LogP contribution in [0.5, 0.6) is 5.88 Å². The molecule has 0 radical (unpaired) electrons. The van der Waals surface area contributed by atoms with Gasteiger partial charge in [0, 0.05) is 11.5 Å². The van der Waals surface area contributed by atoms with Crippen molar-refractivity contribution < 1.29 is 4.74 Å². The third-order valence-electron chi connectivity index (χ3n) is 1.53. The number of aromatic nitrogens is 1. The average molecular weight is 255 g/mol. The summed E-state index contributed by atoms with van der Waals surface area (Å²) in [5.41, 5.74) is 1.45. The first-order valence-electron chi connectivity index (χ1n) is 4.29. The highest BCUT2D eigenvalue weighted by Crippen LogP contribution is 2.18. The fourth-order valence-corrected chi connectivity index (χ4v) is 1.27. The van der Waals surface area contributed by atoms with E-state index in [1.54, 1.807) is 12.3 Å². The van der Waals surface area contributed by atoms with E-state index in [0.29, 0.717) is 16.8 Å². The van der Waals surface area contributed by atoms with E-state index in [2.05, 4.69) is 27.0 Å².